The summed E-state index contributed by atoms with van der Waals surface area (Å²) in [6.07, 6.45) is 1.46. The highest BCUT2D eigenvalue weighted by Gasteiger charge is 2.28. The first-order valence-electron chi connectivity index (χ1n) is 7.87. The second-order valence-electron chi connectivity index (χ2n) is 6.42. The van der Waals surface area contributed by atoms with Gasteiger partial charge in [0.15, 0.2) is 17.2 Å². The Labute approximate surface area is 153 Å². The third-order valence-corrected chi connectivity index (χ3v) is 4.90. The van der Waals surface area contributed by atoms with Crippen molar-refractivity contribution in [2.75, 3.05) is 19.8 Å². The van der Waals surface area contributed by atoms with E-state index in [1.807, 2.05) is 5.38 Å². The molecule has 3 rings (SSSR count). The molecule has 3 heterocycles. The number of hydrogen-bond acceptors (Lipinski definition) is 7. The van der Waals surface area contributed by atoms with Crippen molar-refractivity contribution in [2.24, 2.45) is 5.41 Å². The number of aromatic hydroxyl groups is 1. The summed E-state index contributed by atoms with van der Waals surface area (Å²) >= 11 is 1.39. The molecule has 0 spiro atoms. The molecule has 0 saturated carbocycles. The summed E-state index contributed by atoms with van der Waals surface area (Å²) in [5.41, 5.74) is -0.697. The lowest BCUT2D eigenvalue weighted by Crippen LogP contribution is -2.39. The molecule has 1 amide bonds. The molecule has 0 atom stereocenters. The standard InChI is InChI=1S/C17H18N2O6S/c1-17(2,16(22)23)8-19-15(21)12-10(20)5-9(6-18-12)14-13-11(7-26-14)24-3-4-25-13/h5-7,20H,3-4,8H2,1-2H3,(H,19,21)(H,22,23). The van der Waals surface area contributed by atoms with Gasteiger partial charge in [-0.2, -0.15) is 0 Å². The van der Waals surface area contributed by atoms with Crippen molar-refractivity contribution in [3.05, 3.63) is 23.3 Å². The maximum Gasteiger partial charge on any atom is 0.310 e. The molecule has 0 radical (unpaired) electrons. The monoisotopic (exact) mass is 378 g/mol. The van der Waals surface area contributed by atoms with E-state index in [1.54, 1.807) is 0 Å². The highest BCUT2D eigenvalue weighted by molar-refractivity contribution is 7.14. The minimum absolute atomic E-state index is 0.0896. The molecule has 26 heavy (non-hydrogen) atoms. The molecular formula is C17H18N2O6S. The smallest absolute Gasteiger partial charge is 0.310 e. The van der Waals surface area contributed by atoms with Gasteiger partial charge in [-0.1, -0.05) is 0 Å². The number of carboxylic acid groups (broad SMARTS) is 1. The van der Waals surface area contributed by atoms with Crippen molar-refractivity contribution in [3.63, 3.8) is 0 Å². The van der Waals surface area contributed by atoms with E-state index in [9.17, 15) is 14.7 Å². The lowest BCUT2D eigenvalue weighted by molar-refractivity contribution is -0.146. The lowest BCUT2D eigenvalue weighted by atomic mass is 9.94. The van der Waals surface area contributed by atoms with Crippen LogP contribution < -0.4 is 14.8 Å². The molecule has 0 fully saturated rings. The van der Waals surface area contributed by atoms with Gasteiger partial charge in [-0.15, -0.1) is 11.3 Å². The number of ether oxygens (including phenoxy) is 2. The van der Waals surface area contributed by atoms with Gasteiger partial charge < -0.3 is 25.0 Å². The Hall–Kier alpha value is -2.81. The minimum atomic E-state index is -1.13. The molecule has 1 aliphatic rings. The van der Waals surface area contributed by atoms with Gasteiger partial charge in [-0.05, 0) is 19.9 Å². The number of carbonyl (C=O) groups is 2. The van der Waals surface area contributed by atoms with Crippen LogP contribution in [0.1, 0.15) is 24.3 Å². The van der Waals surface area contributed by atoms with Gasteiger partial charge >= 0.3 is 5.97 Å². The number of rotatable bonds is 5. The van der Waals surface area contributed by atoms with Gasteiger partial charge in [0.1, 0.15) is 19.0 Å². The van der Waals surface area contributed by atoms with Gasteiger partial charge in [-0.25, -0.2) is 4.98 Å². The van der Waals surface area contributed by atoms with Crippen LogP contribution in [0.25, 0.3) is 10.4 Å². The summed E-state index contributed by atoms with van der Waals surface area (Å²) in [6.45, 7) is 3.82. The molecule has 138 valence electrons. The second-order valence-corrected chi connectivity index (χ2v) is 7.30. The van der Waals surface area contributed by atoms with Gasteiger partial charge in [0, 0.05) is 23.7 Å². The minimum Gasteiger partial charge on any atom is -0.505 e. The maximum atomic E-state index is 12.2. The van der Waals surface area contributed by atoms with Crippen LogP contribution >= 0.6 is 11.3 Å². The van der Waals surface area contributed by atoms with Gasteiger partial charge in [0.2, 0.25) is 0 Å². The number of fused-ring (bicyclic) bond motifs is 1. The maximum absolute atomic E-state index is 12.2. The third kappa shape index (κ3) is 3.43. The molecule has 8 nitrogen and oxygen atoms in total. The number of carboxylic acids is 1. The first-order valence-corrected chi connectivity index (χ1v) is 8.75. The molecule has 2 aromatic heterocycles. The van der Waals surface area contributed by atoms with Gasteiger partial charge in [-0.3, -0.25) is 9.59 Å². The van der Waals surface area contributed by atoms with Crippen molar-refractivity contribution in [1.29, 1.82) is 0 Å². The molecule has 0 aromatic carbocycles. The normalized spacial score (nSPS) is 13.3. The first kappa shape index (κ1) is 18.0. The van der Waals surface area contributed by atoms with Crippen LogP contribution in [0.5, 0.6) is 17.2 Å². The molecule has 0 aliphatic carbocycles. The van der Waals surface area contributed by atoms with Crippen LogP contribution in [0.2, 0.25) is 0 Å². The topological polar surface area (TPSA) is 118 Å². The quantitative estimate of drug-likeness (QED) is 0.729. The van der Waals surface area contributed by atoms with Crippen molar-refractivity contribution in [1.82, 2.24) is 10.3 Å². The van der Waals surface area contributed by atoms with Gasteiger partial charge in [0.05, 0.1) is 10.3 Å². The number of carbonyl (C=O) groups excluding carboxylic acids is 1. The molecule has 1 aliphatic heterocycles. The molecule has 3 N–H and O–H groups in total. The Kier molecular flexibility index (Phi) is 4.73. The predicted molar refractivity (Wildman–Crippen MR) is 94.0 cm³/mol. The number of aromatic nitrogens is 1. The number of thiophene rings is 1. The summed E-state index contributed by atoms with van der Waals surface area (Å²) in [4.78, 5) is 28.1. The van der Waals surface area contributed by atoms with Crippen LogP contribution in [0.3, 0.4) is 0 Å². The summed E-state index contributed by atoms with van der Waals surface area (Å²) < 4.78 is 11.1. The van der Waals surface area contributed by atoms with E-state index in [1.165, 1.54) is 37.4 Å². The zero-order valence-electron chi connectivity index (χ0n) is 14.2. The third-order valence-electron chi connectivity index (χ3n) is 3.92. The van der Waals surface area contributed by atoms with E-state index in [0.29, 0.717) is 30.3 Å². The van der Waals surface area contributed by atoms with E-state index in [4.69, 9.17) is 14.6 Å². The van der Waals surface area contributed by atoms with E-state index in [2.05, 4.69) is 10.3 Å². The Morgan fingerprint density at radius 1 is 1.35 bits per heavy atom. The van der Waals surface area contributed by atoms with Crippen LogP contribution in [0, 0.1) is 5.41 Å². The Bertz CT molecular complexity index is 861. The summed E-state index contributed by atoms with van der Waals surface area (Å²) in [5.74, 6) is -0.727. The Morgan fingerprint density at radius 2 is 2.08 bits per heavy atom. The lowest BCUT2D eigenvalue weighted by Gasteiger charge is -2.19. The van der Waals surface area contributed by atoms with Gasteiger partial charge in [0.25, 0.3) is 5.91 Å². The van der Waals surface area contributed by atoms with Crippen molar-refractivity contribution in [3.8, 4) is 27.7 Å². The highest BCUT2D eigenvalue weighted by atomic mass is 32.1. The fourth-order valence-corrected chi connectivity index (χ4v) is 3.19. The zero-order valence-corrected chi connectivity index (χ0v) is 15.1. The molecule has 0 bridgehead atoms. The number of nitrogens with zero attached hydrogens (tertiary/aromatic N) is 1. The highest BCUT2D eigenvalue weighted by Crippen LogP contribution is 2.45. The molecule has 2 aromatic rings. The number of nitrogens with one attached hydrogen (secondary N) is 1. The molecule has 0 unspecified atom stereocenters. The molecular weight excluding hydrogens is 360 g/mol. The zero-order chi connectivity index (χ0) is 18.9. The summed E-state index contributed by atoms with van der Waals surface area (Å²) in [5, 5.41) is 23.6. The average Bonchev–Trinajstić information content (AvgIpc) is 3.03. The van der Waals surface area contributed by atoms with E-state index in [-0.39, 0.29) is 18.0 Å². The SMILES string of the molecule is CC(C)(CNC(=O)c1ncc(-c2scc3c2OCCO3)cc1O)C(=O)O. The van der Waals surface area contributed by atoms with Crippen molar-refractivity contribution >= 4 is 23.2 Å². The van der Waals surface area contributed by atoms with Crippen LogP contribution in [0.15, 0.2) is 17.6 Å². The van der Waals surface area contributed by atoms with Crippen LogP contribution in [0.4, 0.5) is 0 Å². The Morgan fingerprint density at radius 3 is 2.77 bits per heavy atom. The summed E-state index contributed by atoms with van der Waals surface area (Å²) in [7, 11) is 0. The fourth-order valence-electron chi connectivity index (χ4n) is 2.27. The number of aliphatic carboxylic acids is 1. The van der Waals surface area contributed by atoms with E-state index in [0.717, 1.165) is 4.88 Å². The predicted octanol–water partition coefficient (Wildman–Crippen LogP) is 2.13. The largest absolute Gasteiger partial charge is 0.505 e. The first-order chi connectivity index (χ1) is 12.3. The Balaban J connectivity index is 1.79. The van der Waals surface area contributed by atoms with E-state index < -0.39 is 17.3 Å². The van der Waals surface area contributed by atoms with Crippen LogP contribution in [-0.2, 0) is 4.79 Å². The number of hydrogen-bond donors (Lipinski definition) is 3. The molecule has 9 heteroatoms. The second kappa shape index (κ2) is 6.83. The van der Waals surface area contributed by atoms with Crippen molar-refractivity contribution < 1.29 is 29.3 Å². The summed E-state index contributed by atoms with van der Waals surface area (Å²) in [6, 6.07) is 1.42. The van der Waals surface area contributed by atoms with E-state index >= 15 is 0 Å². The fraction of sp³-hybridized carbons (Fsp3) is 0.353. The van der Waals surface area contributed by atoms with Crippen molar-refractivity contribution in [2.45, 2.75) is 13.8 Å². The average molecular weight is 378 g/mol. The number of amides is 1. The molecule has 0 saturated heterocycles. The number of pyridine rings is 1. The van der Waals surface area contributed by atoms with Crippen LogP contribution in [-0.4, -0.2) is 46.8 Å².